The van der Waals surface area contributed by atoms with Gasteiger partial charge in [0, 0.05) is 0 Å². The Labute approximate surface area is 163 Å². The molecule has 10 heteroatoms. The second-order valence-electron chi connectivity index (χ2n) is 7.62. The van der Waals surface area contributed by atoms with E-state index in [0.29, 0.717) is 11.2 Å². The lowest BCUT2D eigenvalue weighted by molar-refractivity contribution is 0.00578. The number of nitrogens with one attached hydrogen (secondary N) is 1. The molecule has 0 saturated carbocycles. The highest BCUT2D eigenvalue weighted by atomic mass is 32.2. The molecule has 1 aromatic heterocycles. The molecule has 3 rings (SSSR count). The first-order valence-electron chi connectivity index (χ1n) is 8.61. The van der Waals surface area contributed by atoms with Gasteiger partial charge < -0.3 is 13.7 Å². The summed E-state index contributed by atoms with van der Waals surface area (Å²) in [6.45, 7) is 9.03. The second kappa shape index (κ2) is 6.72. The lowest BCUT2D eigenvalue weighted by Crippen LogP contribution is -2.41. The average molecular weight is 409 g/mol. The quantitative estimate of drug-likeness (QED) is 0.778. The Hall–Kier alpha value is -2.17. The molecule has 1 aromatic carbocycles. The number of carbonyl (C=O) groups is 1. The monoisotopic (exact) mass is 409 g/mol. The molecule has 0 spiro atoms. The molecule has 0 radical (unpaired) electrons. The SMILES string of the molecule is Cc1ccc(C(=O)NS(=O)(=O)c2ccc(B3OC(C)(C)C(C)(C)O3)cc2F)o1. The molecule has 1 aliphatic rings. The van der Waals surface area contributed by atoms with Crippen LogP contribution in [-0.4, -0.2) is 32.6 Å². The van der Waals surface area contributed by atoms with E-state index in [9.17, 15) is 17.6 Å². The van der Waals surface area contributed by atoms with Crippen LogP contribution in [0.4, 0.5) is 4.39 Å². The van der Waals surface area contributed by atoms with Crippen LogP contribution in [0.15, 0.2) is 39.6 Å². The number of sulfonamides is 1. The Morgan fingerprint density at radius 1 is 1.07 bits per heavy atom. The second-order valence-corrected chi connectivity index (χ2v) is 9.27. The fraction of sp³-hybridized carbons (Fsp3) is 0.389. The van der Waals surface area contributed by atoms with Crippen LogP contribution in [0.25, 0.3) is 0 Å². The van der Waals surface area contributed by atoms with E-state index in [2.05, 4.69) is 0 Å². The molecule has 1 fully saturated rings. The summed E-state index contributed by atoms with van der Waals surface area (Å²) in [4.78, 5) is 11.4. The third kappa shape index (κ3) is 3.72. The lowest BCUT2D eigenvalue weighted by atomic mass is 9.79. The standard InChI is InChI=1S/C18H21BFNO6S/c1-11-6-8-14(25-11)16(22)21-28(23,24)15-9-7-12(10-13(15)20)19-26-17(2,3)18(4,5)27-19/h6-10H,1-5H3,(H,21,22). The number of rotatable bonds is 4. The van der Waals surface area contributed by atoms with Gasteiger partial charge in [-0.1, -0.05) is 6.07 Å². The predicted molar refractivity (Wildman–Crippen MR) is 100 cm³/mol. The van der Waals surface area contributed by atoms with Crippen molar-refractivity contribution in [1.29, 1.82) is 0 Å². The molecule has 1 aliphatic heterocycles. The number of furan rings is 1. The smallest absolute Gasteiger partial charge is 0.456 e. The molecule has 1 N–H and O–H groups in total. The largest absolute Gasteiger partial charge is 0.494 e. The van der Waals surface area contributed by atoms with Gasteiger partial charge in [-0.25, -0.2) is 17.5 Å². The molecule has 0 unspecified atom stereocenters. The van der Waals surface area contributed by atoms with E-state index in [-0.39, 0.29) is 5.76 Å². The first-order valence-corrected chi connectivity index (χ1v) is 10.1. The minimum atomic E-state index is -4.43. The van der Waals surface area contributed by atoms with Gasteiger partial charge in [-0.05, 0) is 64.3 Å². The number of hydrogen-bond donors (Lipinski definition) is 1. The van der Waals surface area contributed by atoms with Crippen molar-refractivity contribution in [2.24, 2.45) is 0 Å². The van der Waals surface area contributed by atoms with Crippen molar-refractivity contribution in [3.05, 3.63) is 47.7 Å². The first-order chi connectivity index (χ1) is 12.8. The summed E-state index contributed by atoms with van der Waals surface area (Å²) in [5.41, 5.74) is -0.898. The highest BCUT2D eigenvalue weighted by Gasteiger charge is 2.51. The third-order valence-electron chi connectivity index (χ3n) is 4.96. The number of halogens is 1. The Balaban J connectivity index is 1.83. The highest BCUT2D eigenvalue weighted by molar-refractivity contribution is 7.90. The zero-order chi connectivity index (χ0) is 20.9. The fourth-order valence-corrected chi connectivity index (χ4v) is 3.66. The Bertz CT molecular complexity index is 1010. The zero-order valence-corrected chi connectivity index (χ0v) is 17.0. The zero-order valence-electron chi connectivity index (χ0n) is 16.2. The van der Waals surface area contributed by atoms with E-state index in [0.717, 1.165) is 12.1 Å². The van der Waals surface area contributed by atoms with Crippen molar-refractivity contribution in [2.45, 2.75) is 50.7 Å². The summed E-state index contributed by atoms with van der Waals surface area (Å²) in [6, 6.07) is 6.33. The summed E-state index contributed by atoms with van der Waals surface area (Å²) in [6.07, 6.45) is 0. The Morgan fingerprint density at radius 2 is 1.68 bits per heavy atom. The van der Waals surface area contributed by atoms with Gasteiger partial charge in [-0.3, -0.25) is 4.79 Å². The number of carbonyl (C=O) groups excluding carboxylic acids is 1. The van der Waals surface area contributed by atoms with Gasteiger partial charge in [0.15, 0.2) is 5.76 Å². The Morgan fingerprint density at radius 3 is 2.18 bits per heavy atom. The van der Waals surface area contributed by atoms with Gasteiger partial charge >= 0.3 is 13.0 Å². The summed E-state index contributed by atoms with van der Waals surface area (Å²) in [5, 5.41) is 0. The van der Waals surface area contributed by atoms with Crippen LogP contribution < -0.4 is 10.2 Å². The van der Waals surface area contributed by atoms with Crippen molar-refractivity contribution in [2.75, 3.05) is 0 Å². The number of hydrogen-bond acceptors (Lipinski definition) is 6. The van der Waals surface area contributed by atoms with Crippen molar-refractivity contribution in [3.8, 4) is 0 Å². The van der Waals surface area contributed by atoms with Crippen molar-refractivity contribution in [1.82, 2.24) is 4.72 Å². The molecule has 7 nitrogen and oxygen atoms in total. The first kappa shape index (κ1) is 20.6. The molecule has 0 aliphatic carbocycles. The molecule has 0 bridgehead atoms. The van der Waals surface area contributed by atoms with Crippen LogP contribution >= 0.6 is 0 Å². The van der Waals surface area contributed by atoms with Gasteiger partial charge in [-0.2, -0.15) is 0 Å². The molecule has 1 amide bonds. The number of benzene rings is 1. The average Bonchev–Trinajstić information content (AvgIpc) is 3.07. The van der Waals surface area contributed by atoms with E-state index < -0.39 is 45.0 Å². The maximum atomic E-state index is 14.6. The van der Waals surface area contributed by atoms with Crippen LogP contribution in [-0.2, 0) is 19.3 Å². The summed E-state index contributed by atoms with van der Waals surface area (Å²) >= 11 is 0. The van der Waals surface area contributed by atoms with Crippen LogP contribution in [0.1, 0.15) is 44.0 Å². The van der Waals surface area contributed by atoms with E-state index in [1.165, 1.54) is 18.2 Å². The summed E-state index contributed by atoms with van der Waals surface area (Å²) in [7, 11) is -5.27. The number of aryl methyl sites for hydroxylation is 1. The maximum absolute atomic E-state index is 14.6. The van der Waals surface area contributed by atoms with Gasteiger partial charge in [0.25, 0.3) is 10.0 Å². The van der Waals surface area contributed by atoms with E-state index in [1.54, 1.807) is 11.6 Å². The van der Waals surface area contributed by atoms with Gasteiger partial charge in [0.1, 0.15) is 16.5 Å². The predicted octanol–water partition coefficient (Wildman–Crippen LogP) is 2.15. The van der Waals surface area contributed by atoms with Crippen molar-refractivity contribution >= 4 is 28.5 Å². The van der Waals surface area contributed by atoms with E-state index in [4.69, 9.17) is 13.7 Å². The van der Waals surface area contributed by atoms with Crippen LogP contribution in [0, 0.1) is 12.7 Å². The third-order valence-corrected chi connectivity index (χ3v) is 6.33. The lowest BCUT2D eigenvalue weighted by Gasteiger charge is -2.32. The summed E-state index contributed by atoms with van der Waals surface area (Å²) in [5.74, 6) is -1.75. The topological polar surface area (TPSA) is 94.8 Å². The van der Waals surface area contributed by atoms with Gasteiger partial charge in [0.2, 0.25) is 0 Å². The molecular formula is C18H21BFNO6S. The normalized spacial score (nSPS) is 18.3. The number of amides is 1. The van der Waals surface area contributed by atoms with Crippen molar-refractivity contribution < 1.29 is 31.3 Å². The molecule has 2 heterocycles. The molecule has 28 heavy (non-hydrogen) atoms. The van der Waals surface area contributed by atoms with Gasteiger partial charge in [-0.15, -0.1) is 0 Å². The van der Waals surface area contributed by atoms with E-state index in [1.807, 2.05) is 27.7 Å². The molecule has 0 atom stereocenters. The maximum Gasteiger partial charge on any atom is 0.494 e. The van der Waals surface area contributed by atoms with Crippen LogP contribution in [0.2, 0.25) is 0 Å². The van der Waals surface area contributed by atoms with Crippen LogP contribution in [0.5, 0.6) is 0 Å². The van der Waals surface area contributed by atoms with E-state index >= 15 is 0 Å². The van der Waals surface area contributed by atoms with Gasteiger partial charge in [0.05, 0.1) is 11.2 Å². The molecule has 150 valence electrons. The molecule has 1 saturated heterocycles. The van der Waals surface area contributed by atoms with Crippen molar-refractivity contribution in [3.63, 3.8) is 0 Å². The minimum absolute atomic E-state index is 0.185. The highest BCUT2D eigenvalue weighted by Crippen LogP contribution is 2.36. The fourth-order valence-electron chi connectivity index (χ4n) is 2.64. The molecular weight excluding hydrogens is 388 g/mol. The summed E-state index contributed by atoms with van der Waals surface area (Å²) < 4.78 is 57.9. The minimum Gasteiger partial charge on any atom is -0.456 e. The Kier molecular flexibility index (Phi) is 4.93. The van der Waals surface area contributed by atoms with Crippen LogP contribution in [0.3, 0.4) is 0 Å². The molecule has 2 aromatic rings.